The summed E-state index contributed by atoms with van der Waals surface area (Å²) in [6, 6.07) is 3.25. The molecule has 2 heterocycles. The molecule has 1 aliphatic rings. The number of hydrogen-bond donors (Lipinski definition) is 1. The molecule has 2 rings (SSSR count). The molecule has 0 saturated carbocycles. The Labute approximate surface area is 75.9 Å². The summed E-state index contributed by atoms with van der Waals surface area (Å²) in [6.07, 6.45) is 1.41. The van der Waals surface area contributed by atoms with E-state index in [1.807, 2.05) is 6.92 Å². The molecular weight excluding hydrogens is 171 g/mol. The Morgan fingerprint density at radius 2 is 2.38 bits per heavy atom. The topological polar surface area (TPSA) is 34.1 Å². The Balaban J connectivity index is 2.13. The largest absolute Gasteiger partial charge is 0.480 e. The second kappa shape index (κ2) is 2.96. The van der Waals surface area contributed by atoms with Gasteiger partial charge in [0.25, 0.3) is 5.95 Å². The fraction of sp³-hybridized carbons (Fsp3) is 0.444. The van der Waals surface area contributed by atoms with E-state index < -0.39 is 5.95 Å². The summed E-state index contributed by atoms with van der Waals surface area (Å²) >= 11 is 0. The minimum Gasteiger partial charge on any atom is -0.480 e. The van der Waals surface area contributed by atoms with Crippen molar-refractivity contribution < 1.29 is 9.13 Å². The van der Waals surface area contributed by atoms with Crippen molar-refractivity contribution in [2.45, 2.75) is 12.5 Å². The van der Waals surface area contributed by atoms with Crippen LogP contribution in [0.5, 0.6) is 5.75 Å². The van der Waals surface area contributed by atoms with E-state index in [2.05, 4.69) is 10.3 Å². The van der Waals surface area contributed by atoms with Crippen LogP contribution in [0.3, 0.4) is 0 Å². The van der Waals surface area contributed by atoms with Crippen molar-refractivity contribution in [3.8, 4) is 5.75 Å². The molecule has 0 amide bonds. The highest BCUT2D eigenvalue weighted by molar-refractivity contribution is 5.20. The van der Waals surface area contributed by atoms with Gasteiger partial charge in [0.15, 0.2) is 5.75 Å². The van der Waals surface area contributed by atoms with E-state index in [1.165, 1.54) is 6.20 Å². The Kier molecular flexibility index (Phi) is 1.92. The third kappa shape index (κ3) is 1.62. The zero-order chi connectivity index (χ0) is 9.31. The highest BCUT2D eigenvalue weighted by Gasteiger charge is 2.34. The first-order chi connectivity index (χ1) is 6.20. The van der Waals surface area contributed by atoms with Gasteiger partial charge in [0.1, 0.15) is 5.60 Å². The van der Waals surface area contributed by atoms with Gasteiger partial charge in [-0.25, -0.2) is 4.98 Å². The number of nitrogens with one attached hydrogen (secondary N) is 1. The van der Waals surface area contributed by atoms with Crippen molar-refractivity contribution in [2.24, 2.45) is 0 Å². The number of rotatable bonds is 2. The molecule has 1 saturated heterocycles. The van der Waals surface area contributed by atoms with E-state index in [-0.39, 0.29) is 11.4 Å². The molecule has 0 radical (unpaired) electrons. The molecule has 0 unspecified atom stereocenters. The van der Waals surface area contributed by atoms with Crippen molar-refractivity contribution in [3.63, 3.8) is 0 Å². The van der Waals surface area contributed by atoms with Crippen molar-refractivity contribution in [2.75, 3.05) is 13.1 Å². The molecule has 0 bridgehead atoms. The monoisotopic (exact) mass is 182 g/mol. The van der Waals surface area contributed by atoms with Gasteiger partial charge in [0.05, 0.1) is 0 Å². The molecule has 70 valence electrons. The van der Waals surface area contributed by atoms with Gasteiger partial charge in [0, 0.05) is 19.3 Å². The van der Waals surface area contributed by atoms with Crippen LogP contribution in [0.2, 0.25) is 0 Å². The fourth-order valence-electron chi connectivity index (χ4n) is 1.26. The van der Waals surface area contributed by atoms with E-state index in [9.17, 15) is 4.39 Å². The zero-order valence-electron chi connectivity index (χ0n) is 7.38. The first-order valence-corrected chi connectivity index (χ1v) is 4.20. The Bertz CT molecular complexity index is 312. The number of pyridine rings is 1. The van der Waals surface area contributed by atoms with Gasteiger partial charge >= 0.3 is 0 Å². The average molecular weight is 182 g/mol. The quantitative estimate of drug-likeness (QED) is 0.692. The molecular formula is C9H11FN2O. The van der Waals surface area contributed by atoms with Crippen LogP contribution in [0, 0.1) is 5.95 Å². The predicted octanol–water partition coefficient (Wildman–Crippen LogP) is 0.961. The first kappa shape index (κ1) is 8.44. The molecule has 0 spiro atoms. The molecule has 1 fully saturated rings. The first-order valence-electron chi connectivity index (χ1n) is 4.20. The minimum atomic E-state index is -0.546. The SMILES string of the molecule is CC1(Oc2cccnc2F)CNC1. The molecule has 0 aliphatic carbocycles. The molecule has 3 nitrogen and oxygen atoms in total. The molecule has 1 aromatic heterocycles. The van der Waals surface area contributed by atoms with E-state index in [1.54, 1.807) is 12.1 Å². The molecule has 0 atom stereocenters. The number of hydrogen-bond acceptors (Lipinski definition) is 3. The molecule has 0 aromatic carbocycles. The molecule has 13 heavy (non-hydrogen) atoms. The number of aromatic nitrogens is 1. The average Bonchev–Trinajstić information content (AvgIpc) is 2.06. The number of halogens is 1. The lowest BCUT2D eigenvalue weighted by molar-refractivity contribution is 0.0303. The third-order valence-corrected chi connectivity index (χ3v) is 2.08. The maximum Gasteiger partial charge on any atom is 0.255 e. The molecule has 4 heteroatoms. The van der Waals surface area contributed by atoms with Crippen LogP contribution >= 0.6 is 0 Å². The summed E-state index contributed by atoms with van der Waals surface area (Å²) in [5.41, 5.74) is -0.274. The van der Waals surface area contributed by atoms with Gasteiger partial charge in [-0.3, -0.25) is 0 Å². The lowest BCUT2D eigenvalue weighted by Crippen LogP contribution is -2.61. The number of nitrogens with zero attached hydrogens (tertiary/aromatic N) is 1. The normalized spacial score (nSPS) is 19.2. The van der Waals surface area contributed by atoms with Gasteiger partial charge in [0.2, 0.25) is 0 Å². The lowest BCUT2D eigenvalue weighted by atomic mass is 10.0. The zero-order valence-corrected chi connectivity index (χ0v) is 7.38. The Morgan fingerprint density at radius 1 is 1.62 bits per heavy atom. The fourth-order valence-corrected chi connectivity index (χ4v) is 1.26. The van der Waals surface area contributed by atoms with Crippen molar-refractivity contribution in [3.05, 3.63) is 24.3 Å². The lowest BCUT2D eigenvalue weighted by Gasteiger charge is -2.39. The maximum atomic E-state index is 13.0. The Hall–Kier alpha value is -1.16. The van der Waals surface area contributed by atoms with Gasteiger partial charge in [-0.1, -0.05) is 0 Å². The van der Waals surface area contributed by atoms with Crippen LogP contribution in [0.25, 0.3) is 0 Å². The number of ether oxygens (including phenoxy) is 1. The summed E-state index contributed by atoms with van der Waals surface area (Å²) in [5.74, 6) is -0.317. The van der Waals surface area contributed by atoms with Gasteiger partial charge in [-0.05, 0) is 19.1 Å². The van der Waals surface area contributed by atoms with Gasteiger partial charge in [-0.2, -0.15) is 4.39 Å². The predicted molar refractivity (Wildman–Crippen MR) is 46.1 cm³/mol. The highest BCUT2D eigenvalue weighted by Crippen LogP contribution is 2.22. The van der Waals surface area contributed by atoms with Crippen LogP contribution in [-0.2, 0) is 0 Å². The summed E-state index contributed by atoms with van der Waals surface area (Å²) in [6.45, 7) is 3.44. The van der Waals surface area contributed by atoms with Crippen LogP contribution in [0.4, 0.5) is 4.39 Å². The van der Waals surface area contributed by atoms with Gasteiger partial charge in [-0.15, -0.1) is 0 Å². The summed E-state index contributed by atoms with van der Waals surface area (Å²) in [5, 5.41) is 3.07. The standard InChI is InChI=1S/C9H11FN2O/c1-9(5-11-6-9)13-7-3-2-4-12-8(7)10/h2-4,11H,5-6H2,1H3. The van der Waals surface area contributed by atoms with Crippen LogP contribution in [0.15, 0.2) is 18.3 Å². The van der Waals surface area contributed by atoms with E-state index in [4.69, 9.17) is 4.74 Å². The van der Waals surface area contributed by atoms with Gasteiger partial charge < -0.3 is 10.1 Å². The van der Waals surface area contributed by atoms with Crippen molar-refractivity contribution in [1.29, 1.82) is 0 Å². The molecule has 1 aliphatic heterocycles. The maximum absolute atomic E-state index is 13.0. The van der Waals surface area contributed by atoms with E-state index in [0.29, 0.717) is 0 Å². The van der Waals surface area contributed by atoms with Crippen LogP contribution in [-0.4, -0.2) is 23.7 Å². The smallest absolute Gasteiger partial charge is 0.255 e. The molecule has 1 N–H and O–H groups in total. The summed E-state index contributed by atoms with van der Waals surface area (Å²) < 4.78 is 18.5. The summed E-state index contributed by atoms with van der Waals surface area (Å²) in [4.78, 5) is 3.51. The van der Waals surface area contributed by atoms with E-state index in [0.717, 1.165) is 13.1 Å². The summed E-state index contributed by atoms with van der Waals surface area (Å²) in [7, 11) is 0. The van der Waals surface area contributed by atoms with Crippen LogP contribution in [0.1, 0.15) is 6.92 Å². The second-order valence-corrected chi connectivity index (χ2v) is 3.45. The minimum absolute atomic E-state index is 0.228. The molecule has 1 aromatic rings. The van der Waals surface area contributed by atoms with E-state index >= 15 is 0 Å². The second-order valence-electron chi connectivity index (χ2n) is 3.45. The van der Waals surface area contributed by atoms with Crippen molar-refractivity contribution >= 4 is 0 Å². The van der Waals surface area contributed by atoms with Crippen LogP contribution < -0.4 is 10.1 Å². The third-order valence-electron chi connectivity index (χ3n) is 2.08. The Morgan fingerprint density at radius 3 is 2.92 bits per heavy atom. The van der Waals surface area contributed by atoms with Crippen molar-refractivity contribution in [1.82, 2.24) is 10.3 Å². The highest BCUT2D eigenvalue weighted by atomic mass is 19.1.